The number of anilines is 1. The predicted molar refractivity (Wildman–Crippen MR) is 123 cm³/mol. The average Bonchev–Trinajstić information content (AvgIpc) is 2.81. The first-order valence-electron chi connectivity index (χ1n) is 10.0. The zero-order valence-electron chi connectivity index (χ0n) is 17.1. The summed E-state index contributed by atoms with van der Waals surface area (Å²) in [4.78, 5) is 21.6. The normalized spacial score (nSPS) is 10.9. The molecule has 0 aliphatic carbocycles. The monoisotopic (exact) mass is 425 g/mol. The molecule has 6 heteroatoms. The summed E-state index contributed by atoms with van der Waals surface area (Å²) in [5, 5.41) is 12.2. The summed E-state index contributed by atoms with van der Waals surface area (Å²) < 4.78 is 13.3. The van der Waals surface area contributed by atoms with E-state index in [9.17, 15) is 14.3 Å². The topological polar surface area (TPSA) is 75.1 Å². The Morgan fingerprint density at radius 1 is 0.938 bits per heavy atom. The van der Waals surface area contributed by atoms with Crippen LogP contribution >= 0.6 is 0 Å². The summed E-state index contributed by atoms with van der Waals surface area (Å²) in [6.07, 6.45) is 5.34. The molecule has 0 spiro atoms. The molecular weight excluding hydrogens is 405 g/mol. The molecule has 0 aliphatic rings. The third-order valence-corrected chi connectivity index (χ3v) is 4.73. The highest BCUT2D eigenvalue weighted by Gasteiger charge is 2.11. The summed E-state index contributed by atoms with van der Waals surface area (Å²) in [5.74, 6) is -0.116. The highest BCUT2D eigenvalue weighted by atomic mass is 19.1. The van der Waals surface area contributed by atoms with Gasteiger partial charge >= 0.3 is 0 Å². The highest BCUT2D eigenvalue weighted by molar-refractivity contribution is 5.93. The number of amides is 1. The maximum atomic E-state index is 13.3. The predicted octanol–water partition coefficient (Wildman–Crippen LogP) is 5.34. The van der Waals surface area contributed by atoms with Crippen molar-refractivity contribution in [2.24, 2.45) is 0 Å². The number of aromatic nitrogens is 2. The van der Waals surface area contributed by atoms with Crippen LogP contribution in [0.1, 0.15) is 16.8 Å². The number of nitrogens with zero attached hydrogens (tertiary/aromatic N) is 2. The lowest BCUT2D eigenvalue weighted by Gasteiger charge is -2.10. The van der Waals surface area contributed by atoms with Gasteiger partial charge in [0.25, 0.3) is 0 Å². The fraction of sp³-hybridized carbons (Fsp3) is 0.0385. The second-order valence-corrected chi connectivity index (χ2v) is 7.13. The van der Waals surface area contributed by atoms with Gasteiger partial charge in [-0.2, -0.15) is 0 Å². The number of hydrogen-bond acceptors (Lipinski definition) is 4. The lowest BCUT2D eigenvalue weighted by molar-refractivity contribution is -0.115. The lowest BCUT2D eigenvalue weighted by Crippen LogP contribution is -2.16. The van der Waals surface area contributed by atoms with E-state index in [1.807, 2.05) is 36.4 Å². The number of halogens is 1. The first-order valence-corrected chi connectivity index (χ1v) is 10.0. The zero-order valence-corrected chi connectivity index (χ0v) is 17.1. The fourth-order valence-corrected chi connectivity index (χ4v) is 3.09. The summed E-state index contributed by atoms with van der Waals surface area (Å²) in [7, 11) is 0. The van der Waals surface area contributed by atoms with Crippen LogP contribution < -0.4 is 5.32 Å². The van der Waals surface area contributed by atoms with Crippen molar-refractivity contribution in [1.29, 1.82) is 0 Å². The molecule has 5 nitrogen and oxygen atoms in total. The molecule has 0 aliphatic heterocycles. The van der Waals surface area contributed by atoms with Crippen LogP contribution in [-0.4, -0.2) is 21.0 Å². The van der Waals surface area contributed by atoms with Crippen molar-refractivity contribution in [3.05, 3.63) is 108 Å². The molecule has 0 saturated heterocycles. The van der Waals surface area contributed by atoms with Crippen molar-refractivity contribution in [3.8, 4) is 17.0 Å². The van der Waals surface area contributed by atoms with Crippen molar-refractivity contribution in [2.75, 3.05) is 5.32 Å². The molecule has 0 bridgehead atoms. The van der Waals surface area contributed by atoms with Gasteiger partial charge in [-0.3, -0.25) is 4.79 Å². The van der Waals surface area contributed by atoms with Crippen molar-refractivity contribution in [1.82, 2.24) is 9.97 Å². The average molecular weight is 425 g/mol. The summed E-state index contributed by atoms with van der Waals surface area (Å²) in [6.45, 7) is 0. The maximum absolute atomic E-state index is 13.3. The largest absolute Gasteiger partial charge is 0.508 e. The van der Waals surface area contributed by atoms with Gasteiger partial charge in [-0.1, -0.05) is 48.5 Å². The van der Waals surface area contributed by atoms with E-state index in [0.29, 0.717) is 17.2 Å². The van der Waals surface area contributed by atoms with E-state index in [-0.39, 0.29) is 23.9 Å². The Hall–Kier alpha value is -4.32. The molecule has 4 aromatic rings. The van der Waals surface area contributed by atoms with E-state index >= 15 is 0 Å². The number of carbonyl (C=O) groups is 1. The first-order chi connectivity index (χ1) is 15.6. The molecule has 4 rings (SSSR count). The Balaban J connectivity index is 1.62. The van der Waals surface area contributed by atoms with Crippen molar-refractivity contribution >= 4 is 23.9 Å². The molecule has 3 aromatic carbocycles. The number of benzene rings is 3. The molecule has 0 fully saturated rings. The summed E-state index contributed by atoms with van der Waals surface area (Å²) in [6, 6.07) is 22.1. The van der Waals surface area contributed by atoms with Gasteiger partial charge < -0.3 is 10.4 Å². The molecule has 32 heavy (non-hydrogen) atoms. The number of aromatic hydroxyl groups is 1. The number of hydrogen-bond donors (Lipinski definition) is 2. The second kappa shape index (κ2) is 9.66. The minimum absolute atomic E-state index is 0.128. The van der Waals surface area contributed by atoms with E-state index < -0.39 is 0 Å². The van der Waals surface area contributed by atoms with Gasteiger partial charge in [0.2, 0.25) is 5.91 Å². The molecular formula is C26H20FN3O2. The Bertz CT molecular complexity index is 1240. The third-order valence-electron chi connectivity index (χ3n) is 4.73. The number of phenolic OH excluding ortho intramolecular Hbond substituents is 1. The van der Waals surface area contributed by atoms with Crippen molar-refractivity contribution in [2.45, 2.75) is 6.42 Å². The van der Waals surface area contributed by atoms with E-state index in [2.05, 4.69) is 15.3 Å². The summed E-state index contributed by atoms with van der Waals surface area (Å²) >= 11 is 0. The van der Waals surface area contributed by atoms with Crippen LogP contribution in [0.2, 0.25) is 0 Å². The minimum Gasteiger partial charge on any atom is -0.508 e. The lowest BCUT2D eigenvalue weighted by atomic mass is 10.1. The van der Waals surface area contributed by atoms with E-state index in [4.69, 9.17) is 0 Å². The molecule has 1 heterocycles. The molecule has 0 unspecified atom stereocenters. The Kier molecular flexibility index (Phi) is 6.32. The van der Waals surface area contributed by atoms with E-state index in [1.54, 1.807) is 36.5 Å². The van der Waals surface area contributed by atoms with Gasteiger partial charge in [0.05, 0.1) is 18.3 Å². The fourth-order valence-electron chi connectivity index (χ4n) is 3.09. The standard InChI is InChI=1S/C26H20FN3O2/c27-21-11-9-20(10-12-21)24-17-28-26(23(29-24)15-8-18-4-2-1-3-5-18)30-25(32)16-19-6-13-22(31)14-7-19/h1-15,17,31H,16H2,(H,28,30,32)/b15-8+. The summed E-state index contributed by atoms with van der Waals surface area (Å²) in [5.41, 5.74) is 3.50. The first kappa shape index (κ1) is 20.9. The number of phenols is 1. The Morgan fingerprint density at radius 2 is 1.66 bits per heavy atom. The van der Waals surface area contributed by atoms with Gasteiger partial charge in [-0.25, -0.2) is 14.4 Å². The molecule has 0 saturated carbocycles. The van der Waals surface area contributed by atoms with Crippen LogP contribution in [-0.2, 0) is 11.2 Å². The quantitative estimate of drug-likeness (QED) is 0.437. The molecule has 1 aromatic heterocycles. The molecule has 2 N–H and O–H groups in total. The van der Waals surface area contributed by atoms with Crippen LogP contribution in [0, 0.1) is 5.82 Å². The third kappa shape index (κ3) is 5.43. The Labute approximate surface area is 184 Å². The minimum atomic E-state index is -0.330. The van der Waals surface area contributed by atoms with Crippen LogP contribution in [0.15, 0.2) is 85.1 Å². The van der Waals surface area contributed by atoms with Crippen LogP contribution in [0.4, 0.5) is 10.2 Å². The zero-order chi connectivity index (χ0) is 22.3. The van der Waals surface area contributed by atoms with Crippen LogP contribution in [0.3, 0.4) is 0 Å². The Morgan fingerprint density at radius 3 is 2.38 bits per heavy atom. The van der Waals surface area contributed by atoms with E-state index in [1.165, 1.54) is 24.3 Å². The molecule has 158 valence electrons. The van der Waals surface area contributed by atoms with E-state index in [0.717, 1.165) is 16.7 Å². The highest BCUT2D eigenvalue weighted by Crippen LogP contribution is 2.22. The van der Waals surface area contributed by atoms with Gasteiger partial charge in [0, 0.05) is 5.56 Å². The molecule has 0 radical (unpaired) electrons. The smallest absolute Gasteiger partial charge is 0.230 e. The number of rotatable bonds is 6. The number of nitrogens with one attached hydrogen (secondary N) is 1. The molecule has 0 atom stereocenters. The van der Waals surface area contributed by atoms with Crippen molar-refractivity contribution < 1.29 is 14.3 Å². The van der Waals surface area contributed by atoms with Gasteiger partial charge in [0.15, 0.2) is 5.82 Å². The van der Waals surface area contributed by atoms with Crippen LogP contribution in [0.5, 0.6) is 5.75 Å². The second-order valence-electron chi connectivity index (χ2n) is 7.13. The van der Waals surface area contributed by atoms with Crippen molar-refractivity contribution in [3.63, 3.8) is 0 Å². The maximum Gasteiger partial charge on any atom is 0.230 e. The molecule has 1 amide bonds. The van der Waals surface area contributed by atoms with Crippen LogP contribution in [0.25, 0.3) is 23.4 Å². The number of carbonyl (C=O) groups excluding carboxylic acids is 1. The van der Waals surface area contributed by atoms with Gasteiger partial charge in [-0.15, -0.1) is 0 Å². The van der Waals surface area contributed by atoms with Gasteiger partial charge in [0.1, 0.15) is 17.3 Å². The SMILES string of the molecule is O=C(Cc1ccc(O)cc1)Nc1ncc(-c2ccc(F)cc2)nc1/C=C/c1ccccc1. The van der Waals surface area contributed by atoms with Gasteiger partial charge in [-0.05, 0) is 53.6 Å².